The smallest absolute Gasteiger partial charge is 0.261 e. The van der Waals surface area contributed by atoms with E-state index in [9.17, 15) is 22.7 Å². The summed E-state index contributed by atoms with van der Waals surface area (Å²) >= 11 is 0. The molecule has 2 aliphatic rings. The lowest BCUT2D eigenvalue weighted by Crippen LogP contribution is -2.47. The van der Waals surface area contributed by atoms with E-state index in [4.69, 9.17) is 14.2 Å². The molecule has 1 fully saturated rings. The van der Waals surface area contributed by atoms with E-state index in [1.54, 1.807) is 25.3 Å². The van der Waals surface area contributed by atoms with Crippen LogP contribution in [-0.2, 0) is 26.1 Å². The Balaban J connectivity index is 1.26. The van der Waals surface area contributed by atoms with Gasteiger partial charge >= 0.3 is 0 Å². The molecule has 5 rings (SSSR count). The number of amides is 1. The van der Waals surface area contributed by atoms with Crippen molar-refractivity contribution in [1.82, 2.24) is 5.32 Å². The Labute approximate surface area is 226 Å². The molecule has 1 amide bonds. The molecule has 0 aliphatic carbocycles. The summed E-state index contributed by atoms with van der Waals surface area (Å²) in [5.74, 6) is 0.375. The van der Waals surface area contributed by atoms with Gasteiger partial charge in [0, 0.05) is 23.7 Å². The molecular formula is C28H29FN2O7S. The highest BCUT2D eigenvalue weighted by molar-refractivity contribution is 7.92. The summed E-state index contributed by atoms with van der Waals surface area (Å²) in [4.78, 5) is 12.6. The molecule has 0 unspecified atom stereocenters. The van der Waals surface area contributed by atoms with Crippen LogP contribution in [0.3, 0.4) is 0 Å². The minimum absolute atomic E-state index is 0.0642. The number of benzene rings is 3. The fraction of sp³-hybridized carbons (Fsp3) is 0.321. The Kier molecular flexibility index (Phi) is 7.74. The predicted octanol–water partition coefficient (Wildman–Crippen LogP) is 3.34. The van der Waals surface area contributed by atoms with Gasteiger partial charge in [-0.05, 0) is 66.6 Å². The molecule has 3 aromatic carbocycles. The summed E-state index contributed by atoms with van der Waals surface area (Å²) in [6.07, 6.45) is -1.02. The van der Waals surface area contributed by atoms with Crippen LogP contribution < -0.4 is 19.5 Å². The summed E-state index contributed by atoms with van der Waals surface area (Å²) < 4.78 is 58.6. The normalized spacial score (nSPS) is 21.8. The second kappa shape index (κ2) is 11.2. The molecule has 0 saturated carbocycles. The van der Waals surface area contributed by atoms with Gasteiger partial charge in [0.1, 0.15) is 29.5 Å². The Bertz CT molecular complexity index is 1430. The molecule has 3 aromatic rings. The standard InChI is InChI=1S/C28H29FN2O7S/c1-36-20-7-2-17(3-8-20)15-30-27(33)14-21-13-24-23-12-19(6-11-25(23)38-28(24)26(16-32)37-21)31-39(34,35)22-9-4-18(29)5-10-22/h2-12,21,24,26,28,31-32H,13-16H2,1H3,(H,30,33)/t21-,24-,26+,28+/m1/s1. The van der Waals surface area contributed by atoms with Crippen molar-refractivity contribution in [2.75, 3.05) is 18.4 Å². The lowest BCUT2D eigenvalue weighted by molar-refractivity contribution is -0.142. The number of rotatable bonds is 9. The largest absolute Gasteiger partial charge is 0.497 e. The SMILES string of the molecule is COc1ccc(CNC(=O)C[C@H]2C[C@@H]3c4cc(NS(=O)(=O)c5ccc(F)cc5)ccc4O[C@@H]3[C@H](CO)O2)cc1. The van der Waals surface area contributed by atoms with Gasteiger partial charge in [-0.25, -0.2) is 12.8 Å². The lowest BCUT2D eigenvalue weighted by Gasteiger charge is -2.37. The number of hydrogen-bond donors (Lipinski definition) is 3. The Morgan fingerprint density at radius 2 is 1.85 bits per heavy atom. The Morgan fingerprint density at radius 1 is 1.10 bits per heavy atom. The third-order valence-electron chi connectivity index (χ3n) is 6.94. The number of anilines is 1. The van der Waals surface area contributed by atoms with Crippen LogP contribution in [0.1, 0.15) is 29.9 Å². The highest BCUT2D eigenvalue weighted by Crippen LogP contribution is 2.47. The predicted molar refractivity (Wildman–Crippen MR) is 141 cm³/mol. The van der Waals surface area contributed by atoms with Gasteiger partial charge in [0.25, 0.3) is 10.0 Å². The van der Waals surface area contributed by atoms with Gasteiger partial charge in [0.05, 0.1) is 31.1 Å². The average Bonchev–Trinajstić information content (AvgIpc) is 3.29. The molecule has 9 nitrogen and oxygen atoms in total. The van der Waals surface area contributed by atoms with Gasteiger partial charge < -0.3 is 24.6 Å². The van der Waals surface area contributed by atoms with Crippen LogP contribution >= 0.6 is 0 Å². The molecular weight excluding hydrogens is 527 g/mol. The summed E-state index contributed by atoms with van der Waals surface area (Å²) in [7, 11) is -2.34. The third-order valence-corrected chi connectivity index (χ3v) is 8.33. The van der Waals surface area contributed by atoms with Crippen LogP contribution in [0, 0.1) is 5.82 Å². The van der Waals surface area contributed by atoms with Crippen molar-refractivity contribution in [1.29, 1.82) is 0 Å². The van der Waals surface area contributed by atoms with Crippen molar-refractivity contribution in [3.63, 3.8) is 0 Å². The van der Waals surface area contributed by atoms with Crippen LogP contribution in [0.15, 0.2) is 71.6 Å². The number of methoxy groups -OCH3 is 1. The zero-order valence-corrected chi connectivity index (χ0v) is 22.0. The number of fused-ring (bicyclic) bond motifs is 3. The number of ether oxygens (including phenoxy) is 3. The second-order valence-corrected chi connectivity index (χ2v) is 11.2. The average molecular weight is 557 g/mol. The van der Waals surface area contributed by atoms with E-state index in [1.165, 1.54) is 12.1 Å². The summed E-state index contributed by atoms with van der Waals surface area (Å²) in [6, 6.07) is 16.9. The summed E-state index contributed by atoms with van der Waals surface area (Å²) in [5, 5.41) is 12.9. The first-order valence-corrected chi connectivity index (χ1v) is 14.0. The molecule has 1 saturated heterocycles. The van der Waals surface area contributed by atoms with Crippen molar-refractivity contribution < 1.29 is 36.9 Å². The van der Waals surface area contributed by atoms with E-state index in [0.29, 0.717) is 24.4 Å². The number of nitrogens with one attached hydrogen (secondary N) is 2. The molecule has 0 aromatic heterocycles. The van der Waals surface area contributed by atoms with Crippen LogP contribution in [-0.4, -0.2) is 51.5 Å². The van der Waals surface area contributed by atoms with Gasteiger partial charge in [-0.2, -0.15) is 0 Å². The molecule has 3 N–H and O–H groups in total. The minimum Gasteiger partial charge on any atom is -0.497 e. The number of halogens is 1. The second-order valence-electron chi connectivity index (χ2n) is 9.54. The van der Waals surface area contributed by atoms with Crippen molar-refractivity contribution in [3.05, 3.63) is 83.7 Å². The van der Waals surface area contributed by atoms with E-state index < -0.39 is 34.2 Å². The minimum atomic E-state index is -3.93. The maximum atomic E-state index is 13.2. The van der Waals surface area contributed by atoms with Gasteiger partial charge in [-0.1, -0.05) is 12.1 Å². The highest BCUT2D eigenvalue weighted by atomic mass is 32.2. The van der Waals surface area contributed by atoms with E-state index in [1.807, 2.05) is 24.3 Å². The molecule has 0 radical (unpaired) electrons. The van der Waals surface area contributed by atoms with Crippen molar-refractivity contribution in [2.45, 2.75) is 48.5 Å². The van der Waals surface area contributed by atoms with Gasteiger partial charge in [0.2, 0.25) is 5.91 Å². The molecule has 39 heavy (non-hydrogen) atoms. The van der Waals surface area contributed by atoms with Crippen LogP contribution in [0.25, 0.3) is 0 Å². The van der Waals surface area contributed by atoms with Crippen LogP contribution in [0.2, 0.25) is 0 Å². The van der Waals surface area contributed by atoms with Crippen LogP contribution in [0.5, 0.6) is 11.5 Å². The van der Waals surface area contributed by atoms with Gasteiger partial charge in [-0.3, -0.25) is 9.52 Å². The zero-order chi connectivity index (χ0) is 27.6. The summed E-state index contributed by atoms with van der Waals surface area (Å²) in [5.41, 5.74) is 2.02. The maximum Gasteiger partial charge on any atom is 0.261 e. The van der Waals surface area contributed by atoms with Crippen molar-refractivity contribution in [3.8, 4) is 11.5 Å². The fourth-order valence-corrected chi connectivity index (χ4v) is 6.05. The fourth-order valence-electron chi connectivity index (χ4n) is 5.00. The zero-order valence-electron chi connectivity index (χ0n) is 21.2. The summed E-state index contributed by atoms with van der Waals surface area (Å²) in [6.45, 7) is 0.0672. The van der Waals surface area contributed by atoms with E-state index in [-0.39, 0.29) is 29.7 Å². The topological polar surface area (TPSA) is 123 Å². The molecule has 2 heterocycles. The molecule has 4 atom stereocenters. The lowest BCUT2D eigenvalue weighted by atomic mass is 9.84. The van der Waals surface area contributed by atoms with E-state index in [0.717, 1.165) is 29.0 Å². The molecule has 2 aliphatic heterocycles. The van der Waals surface area contributed by atoms with Gasteiger partial charge in [0.15, 0.2) is 0 Å². The molecule has 206 valence electrons. The highest BCUT2D eigenvalue weighted by Gasteiger charge is 2.46. The molecule has 0 bridgehead atoms. The number of carbonyl (C=O) groups is 1. The molecule has 11 heteroatoms. The monoisotopic (exact) mass is 556 g/mol. The van der Waals surface area contributed by atoms with Crippen molar-refractivity contribution in [2.24, 2.45) is 0 Å². The Morgan fingerprint density at radius 3 is 2.54 bits per heavy atom. The number of aliphatic hydroxyl groups excluding tert-OH is 1. The number of hydrogen-bond acceptors (Lipinski definition) is 7. The first-order valence-electron chi connectivity index (χ1n) is 12.5. The number of sulfonamides is 1. The Hall–Kier alpha value is -3.67. The number of aliphatic hydroxyl groups is 1. The maximum absolute atomic E-state index is 13.2. The third kappa shape index (κ3) is 6.00. The van der Waals surface area contributed by atoms with Crippen molar-refractivity contribution >= 4 is 21.6 Å². The van der Waals surface area contributed by atoms with Crippen LogP contribution in [0.4, 0.5) is 10.1 Å². The first-order chi connectivity index (χ1) is 18.8. The first kappa shape index (κ1) is 26.9. The quantitative estimate of drug-likeness (QED) is 0.370. The van der Waals surface area contributed by atoms with E-state index >= 15 is 0 Å². The van der Waals surface area contributed by atoms with E-state index in [2.05, 4.69) is 10.0 Å². The van der Waals surface area contributed by atoms with Gasteiger partial charge in [-0.15, -0.1) is 0 Å². The molecule has 0 spiro atoms. The number of carbonyl (C=O) groups excluding carboxylic acids is 1.